The predicted molar refractivity (Wildman–Crippen MR) is 163 cm³/mol. The number of halogens is 2. The van der Waals surface area contributed by atoms with Crippen molar-refractivity contribution in [1.29, 1.82) is 0 Å². The molecule has 5 rings (SSSR count). The Labute approximate surface area is 263 Å². The zero-order valence-corrected chi connectivity index (χ0v) is 26.1. The van der Waals surface area contributed by atoms with Gasteiger partial charge >= 0.3 is 5.97 Å². The van der Waals surface area contributed by atoms with Gasteiger partial charge in [-0.05, 0) is 64.6 Å². The van der Waals surface area contributed by atoms with Crippen LogP contribution in [0.3, 0.4) is 0 Å². The van der Waals surface area contributed by atoms with Gasteiger partial charge in [-0.1, -0.05) is 6.92 Å². The van der Waals surface area contributed by atoms with E-state index in [2.05, 4.69) is 30.8 Å². The first-order valence-electron chi connectivity index (χ1n) is 15.0. The Morgan fingerprint density at radius 2 is 1.91 bits per heavy atom. The van der Waals surface area contributed by atoms with E-state index in [1.54, 1.807) is 35.6 Å². The molecule has 240 valence electrons. The number of aromatic nitrogens is 6. The first-order chi connectivity index (χ1) is 21.7. The van der Waals surface area contributed by atoms with Crippen molar-refractivity contribution in [3.05, 3.63) is 53.6 Å². The average Bonchev–Trinajstić information content (AvgIpc) is 3.81. The third kappa shape index (κ3) is 7.96. The van der Waals surface area contributed by atoms with Crippen LogP contribution in [-0.2, 0) is 21.0 Å². The van der Waals surface area contributed by atoms with Crippen molar-refractivity contribution in [2.75, 3.05) is 18.5 Å². The number of carbonyl (C=O) groups is 2. The third-order valence-corrected chi connectivity index (χ3v) is 8.34. The molecule has 1 aliphatic rings. The van der Waals surface area contributed by atoms with Gasteiger partial charge in [0.1, 0.15) is 28.1 Å². The maximum Gasteiger partial charge on any atom is 0.324 e. The summed E-state index contributed by atoms with van der Waals surface area (Å²) in [5, 5.41) is 16.7. The van der Waals surface area contributed by atoms with Gasteiger partial charge in [0.25, 0.3) is 5.91 Å². The molecule has 4 aromatic rings. The van der Waals surface area contributed by atoms with Gasteiger partial charge < -0.3 is 20.1 Å². The number of rotatable bonds is 13. The van der Waals surface area contributed by atoms with E-state index >= 15 is 0 Å². The molecule has 2 N–H and O–H groups in total. The van der Waals surface area contributed by atoms with Gasteiger partial charge in [-0.25, -0.2) is 19.0 Å². The lowest BCUT2D eigenvalue weighted by molar-refractivity contribution is -0.150. The summed E-state index contributed by atoms with van der Waals surface area (Å²) in [4.78, 5) is 33.7. The number of thiazole rings is 1. The van der Waals surface area contributed by atoms with Gasteiger partial charge in [0, 0.05) is 29.9 Å². The van der Waals surface area contributed by atoms with E-state index in [-0.39, 0.29) is 47.6 Å². The van der Waals surface area contributed by atoms with Crippen LogP contribution in [0.15, 0.2) is 36.1 Å². The first kappa shape index (κ1) is 32.3. The van der Waals surface area contributed by atoms with Crippen LogP contribution in [0, 0.1) is 11.8 Å². The zero-order chi connectivity index (χ0) is 31.9. The number of esters is 1. The Morgan fingerprint density at radius 1 is 1.11 bits per heavy atom. The van der Waals surface area contributed by atoms with Crippen LogP contribution in [0.5, 0.6) is 0 Å². The van der Waals surface area contributed by atoms with Crippen LogP contribution < -0.4 is 10.6 Å². The molecule has 0 saturated heterocycles. The highest BCUT2D eigenvalue weighted by atomic mass is 32.1. The van der Waals surface area contributed by atoms with Crippen molar-refractivity contribution in [1.82, 2.24) is 34.8 Å². The SMILES string of the molecule is CCCN[C@H](C)C(=O)OCn1cc(-c2nc(C(=O)Nc3cn([C@H]4CC[C@H](OCC)CC4)nc3-c3nc(F)ccc3F)cs2)cn1. The number of carbonyl (C=O) groups excluding carboxylic acids is 2. The third-order valence-electron chi connectivity index (χ3n) is 7.45. The largest absolute Gasteiger partial charge is 0.441 e. The lowest BCUT2D eigenvalue weighted by Gasteiger charge is -2.28. The number of pyridine rings is 1. The Balaban J connectivity index is 1.29. The smallest absolute Gasteiger partial charge is 0.324 e. The molecule has 1 atom stereocenters. The van der Waals surface area contributed by atoms with Gasteiger partial charge in [0.15, 0.2) is 12.5 Å². The van der Waals surface area contributed by atoms with E-state index in [1.807, 2.05) is 13.8 Å². The van der Waals surface area contributed by atoms with Crippen molar-refractivity contribution in [3.63, 3.8) is 0 Å². The molecule has 0 aromatic carbocycles. The van der Waals surface area contributed by atoms with Gasteiger partial charge in [-0.3, -0.25) is 14.3 Å². The fourth-order valence-electron chi connectivity index (χ4n) is 5.08. The minimum absolute atomic E-state index is 0.000212. The number of amides is 1. The second-order valence-corrected chi connectivity index (χ2v) is 11.6. The number of nitrogens with zero attached hydrogens (tertiary/aromatic N) is 6. The second-order valence-electron chi connectivity index (χ2n) is 10.8. The maximum absolute atomic E-state index is 14.8. The average molecular weight is 643 g/mol. The van der Waals surface area contributed by atoms with Crippen LogP contribution in [0.2, 0.25) is 0 Å². The molecule has 0 bridgehead atoms. The summed E-state index contributed by atoms with van der Waals surface area (Å²) in [6.07, 6.45) is 9.20. The first-order valence-corrected chi connectivity index (χ1v) is 15.9. The normalized spacial score (nSPS) is 17.3. The van der Waals surface area contributed by atoms with E-state index in [4.69, 9.17) is 9.47 Å². The van der Waals surface area contributed by atoms with Crippen LogP contribution >= 0.6 is 11.3 Å². The fraction of sp³-hybridized carbons (Fsp3) is 0.467. The standard InChI is InChI=1S/C30H36F2N8O4S/c1-4-12-33-18(3)30(42)44-17-39-14-19(13-34-39)29-36-24(16-45-29)28(41)35-23-15-40(20-6-8-21(9-7-20)43-5-2)38-27(23)26-22(31)10-11-25(32)37-26/h10-11,13-16,18,20-21,33H,4-9,12,17H2,1-3H3,(H,35,41)/t18-,20-,21-/m1/s1. The minimum Gasteiger partial charge on any atom is -0.441 e. The molecule has 4 heterocycles. The van der Waals surface area contributed by atoms with Crippen LogP contribution in [-0.4, -0.2) is 66.7 Å². The topological polar surface area (TPSA) is 138 Å². The number of hydrogen-bond donors (Lipinski definition) is 2. The lowest BCUT2D eigenvalue weighted by Crippen LogP contribution is -2.36. The highest BCUT2D eigenvalue weighted by Crippen LogP contribution is 2.34. The molecule has 0 aliphatic heterocycles. The predicted octanol–water partition coefficient (Wildman–Crippen LogP) is 5.20. The van der Waals surface area contributed by atoms with Crippen molar-refractivity contribution in [2.45, 2.75) is 77.8 Å². The van der Waals surface area contributed by atoms with Crippen molar-refractivity contribution in [2.24, 2.45) is 0 Å². The molecule has 1 fully saturated rings. The van der Waals surface area contributed by atoms with Crippen molar-refractivity contribution < 1.29 is 27.8 Å². The Bertz CT molecular complexity index is 1610. The summed E-state index contributed by atoms with van der Waals surface area (Å²) in [7, 11) is 0. The van der Waals surface area contributed by atoms with Crippen LogP contribution in [0.1, 0.15) is 69.4 Å². The summed E-state index contributed by atoms with van der Waals surface area (Å²) in [5.74, 6) is -2.56. The Kier molecular flexibility index (Phi) is 10.6. The lowest BCUT2D eigenvalue weighted by atomic mass is 9.93. The molecule has 0 radical (unpaired) electrons. The maximum atomic E-state index is 14.8. The molecular weight excluding hydrogens is 606 g/mol. The summed E-state index contributed by atoms with van der Waals surface area (Å²) in [5.41, 5.74) is 0.672. The number of anilines is 1. The Hall–Kier alpha value is -4.08. The fourth-order valence-corrected chi connectivity index (χ4v) is 5.86. The minimum atomic E-state index is -0.863. The molecule has 1 aliphatic carbocycles. The number of hydrogen-bond acceptors (Lipinski definition) is 10. The second kappa shape index (κ2) is 14.8. The molecule has 1 amide bonds. The van der Waals surface area contributed by atoms with Crippen LogP contribution in [0.4, 0.5) is 14.5 Å². The summed E-state index contributed by atoms with van der Waals surface area (Å²) in [6.45, 7) is 7.00. The van der Waals surface area contributed by atoms with Crippen molar-refractivity contribution in [3.8, 4) is 22.0 Å². The van der Waals surface area contributed by atoms with Gasteiger partial charge in [0.2, 0.25) is 5.95 Å². The zero-order valence-electron chi connectivity index (χ0n) is 25.3. The van der Waals surface area contributed by atoms with Gasteiger partial charge in [0.05, 0.1) is 24.0 Å². The summed E-state index contributed by atoms with van der Waals surface area (Å²) in [6, 6.07) is 1.47. The van der Waals surface area contributed by atoms with Gasteiger partial charge in [-0.15, -0.1) is 11.3 Å². The monoisotopic (exact) mass is 642 g/mol. The van der Waals surface area contributed by atoms with E-state index in [0.29, 0.717) is 23.7 Å². The van der Waals surface area contributed by atoms with Crippen LogP contribution in [0.25, 0.3) is 22.0 Å². The summed E-state index contributed by atoms with van der Waals surface area (Å²) < 4.78 is 43.1. The quantitative estimate of drug-likeness (QED) is 0.149. The molecule has 12 nitrogen and oxygen atoms in total. The molecule has 0 spiro atoms. The van der Waals surface area contributed by atoms with E-state index in [1.165, 1.54) is 16.0 Å². The highest BCUT2D eigenvalue weighted by Gasteiger charge is 2.27. The molecule has 4 aromatic heterocycles. The number of ether oxygens (including phenoxy) is 2. The van der Waals surface area contributed by atoms with Gasteiger partial charge in [-0.2, -0.15) is 14.6 Å². The van der Waals surface area contributed by atoms with E-state index < -0.39 is 23.7 Å². The highest BCUT2D eigenvalue weighted by molar-refractivity contribution is 7.13. The number of nitrogens with one attached hydrogen (secondary N) is 2. The van der Waals surface area contributed by atoms with E-state index in [9.17, 15) is 18.4 Å². The molecule has 45 heavy (non-hydrogen) atoms. The molecule has 1 saturated carbocycles. The van der Waals surface area contributed by atoms with Crippen molar-refractivity contribution >= 4 is 28.9 Å². The molecular formula is C30H36F2N8O4S. The molecule has 0 unspecified atom stereocenters. The van der Waals surface area contributed by atoms with E-state index in [0.717, 1.165) is 44.2 Å². The Morgan fingerprint density at radius 3 is 2.67 bits per heavy atom. The molecule has 15 heteroatoms. The summed E-state index contributed by atoms with van der Waals surface area (Å²) >= 11 is 1.23.